The molecule has 0 spiro atoms. The number of hydrogen-bond donors (Lipinski definition) is 1. The van der Waals surface area contributed by atoms with Gasteiger partial charge in [0.25, 0.3) is 0 Å². The van der Waals surface area contributed by atoms with E-state index < -0.39 is 18.6 Å². The van der Waals surface area contributed by atoms with Crippen LogP contribution in [-0.4, -0.2) is 22.2 Å². The molecule has 0 radical (unpaired) electrons. The number of carboxylic acids is 1. The van der Waals surface area contributed by atoms with E-state index in [2.05, 4.69) is 4.98 Å². The SMILES string of the molecule is O=C(O)c1cccnc1CCCC(F)(F)F. The Hall–Kier alpha value is -1.59. The third kappa shape index (κ3) is 3.88. The lowest BCUT2D eigenvalue weighted by molar-refractivity contribution is -0.135. The van der Waals surface area contributed by atoms with E-state index in [4.69, 9.17) is 5.11 Å². The van der Waals surface area contributed by atoms with Crippen LogP contribution in [0.1, 0.15) is 28.9 Å². The maximum atomic E-state index is 11.9. The van der Waals surface area contributed by atoms with Crippen LogP contribution in [0.4, 0.5) is 13.2 Å². The lowest BCUT2D eigenvalue weighted by Crippen LogP contribution is -2.09. The van der Waals surface area contributed by atoms with Gasteiger partial charge >= 0.3 is 12.1 Å². The minimum absolute atomic E-state index is 0.0159. The average molecular weight is 233 g/mol. The Morgan fingerprint density at radius 1 is 1.44 bits per heavy atom. The van der Waals surface area contributed by atoms with E-state index in [-0.39, 0.29) is 24.1 Å². The number of carbonyl (C=O) groups is 1. The van der Waals surface area contributed by atoms with E-state index >= 15 is 0 Å². The van der Waals surface area contributed by atoms with Crippen LogP contribution in [0, 0.1) is 0 Å². The number of rotatable bonds is 4. The highest BCUT2D eigenvalue weighted by Crippen LogP contribution is 2.22. The second kappa shape index (κ2) is 4.96. The third-order valence-corrected chi connectivity index (χ3v) is 1.99. The van der Waals surface area contributed by atoms with Gasteiger partial charge in [0.1, 0.15) is 0 Å². The number of aromatic carboxylic acids is 1. The fourth-order valence-corrected chi connectivity index (χ4v) is 1.29. The number of nitrogens with zero attached hydrogens (tertiary/aromatic N) is 1. The first-order chi connectivity index (χ1) is 7.40. The van der Waals surface area contributed by atoms with E-state index in [0.29, 0.717) is 0 Å². The van der Waals surface area contributed by atoms with Crippen molar-refractivity contribution >= 4 is 5.97 Å². The summed E-state index contributed by atoms with van der Waals surface area (Å²) in [7, 11) is 0. The molecule has 1 aromatic heterocycles. The molecule has 1 rings (SSSR count). The molecule has 0 fully saturated rings. The molecule has 0 aliphatic rings. The number of alkyl halides is 3. The summed E-state index contributed by atoms with van der Waals surface area (Å²) in [6, 6.07) is 2.77. The van der Waals surface area contributed by atoms with Crippen molar-refractivity contribution in [2.24, 2.45) is 0 Å². The molecular weight excluding hydrogens is 223 g/mol. The van der Waals surface area contributed by atoms with Crippen LogP contribution in [-0.2, 0) is 6.42 Å². The highest BCUT2D eigenvalue weighted by molar-refractivity contribution is 5.88. The molecule has 0 bridgehead atoms. The first kappa shape index (κ1) is 12.5. The van der Waals surface area contributed by atoms with Gasteiger partial charge in [0.15, 0.2) is 0 Å². The first-order valence-electron chi connectivity index (χ1n) is 4.64. The third-order valence-electron chi connectivity index (χ3n) is 1.99. The molecular formula is C10H10F3NO2. The summed E-state index contributed by atoms with van der Waals surface area (Å²) >= 11 is 0. The molecule has 0 unspecified atom stereocenters. The summed E-state index contributed by atoms with van der Waals surface area (Å²) in [4.78, 5) is 14.5. The summed E-state index contributed by atoms with van der Waals surface area (Å²) in [5, 5.41) is 8.76. The van der Waals surface area contributed by atoms with E-state index in [0.717, 1.165) is 0 Å². The lowest BCUT2D eigenvalue weighted by Gasteiger charge is -2.06. The van der Waals surface area contributed by atoms with Crippen molar-refractivity contribution in [2.45, 2.75) is 25.4 Å². The van der Waals surface area contributed by atoms with Crippen LogP contribution < -0.4 is 0 Å². The zero-order chi connectivity index (χ0) is 12.2. The van der Waals surface area contributed by atoms with Gasteiger partial charge < -0.3 is 5.11 Å². The maximum absolute atomic E-state index is 11.9. The predicted octanol–water partition coefficient (Wildman–Crippen LogP) is 2.66. The Bertz CT molecular complexity index is 377. The van der Waals surface area contributed by atoms with Crippen LogP contribution in [0.5, 0.6) is 0 Å². The molecule has 1 N–H and O–H groups in total. The summed E-state index contributed by atoms with van der Waals surface area (Å²) in [5.41, 5.74) is 0.156. The molecule has 1 heterocycles. The molecule has 0 aromatic carbocycles. The first-order valence-corrected chi connectivity index (χ1v) is 4.64. The molecule has 0 atom stereocenters. The predicted molar refractivity (Wildman–Crippen MR) is 50.2 cm³/mol. The molecule has 0 aliphatic heterocycles. The smallest absolute Gasteiger partial charge is 0.389 e. The fourth-order valence-electron chi connectivity index (χ4n) is 1.29. The van der Waals surface area contributed by atoms with Gasteiger partial charge in [0, 0.05) is 12.6 Å². The van der Waals surface area contributed by atoms with E-state index in [1.54, 1.807) is 0 Å². The van der Waals surface area contributed by atoms with Gasteiger partial charge in [-0.1, -0.05) is 0 Å². The molecule has 88 valence electrons. The highest BCUT2D eigenvalue weighted by atomic mass is 19.4. The summed E-state index contributed by atoms with van der Waals surface area (Å²) in [6.45, 7) is 0. The van der Waals surface area contributed by atoms with Crippen LogP contribution in [0.3, 0.4) is 0 Å². The molecule has 0 saturated carbocycles. The summed E-state index contributed by atoms with van der Waals surface area (Å²) in [6.07, 6.45) is -3.90. The van der Waals surface area contributed by atoms with Gasteiger partial charge in [-0.3, -0.25) is 4.98 Å². The van der Waals surface area contributed by atoms with E-state index in [1.807, 2.05) is 0 Å². The van der Waals surface area contributed by atoms with E-state index in [9.17, 15) is 18.0 Å². The van der Waals surface area contributed by atoms with E-state index in [1.165, 1.54) is 18.3 Å². The number of aromatic nitrogens is 1. The molecule has 6 heteroatoms. The molecule has 3 nitrogen and oxygen atoms in total. The Labute approximate surface area is 89.9 Å². The molecule has 0 aliphatic carbocycles. The topological polar surface area (TPSA) is 50.2 Å². The average Bonchev–Trinajstić information content (AvgIpc) is 2.16. The molecule has 16 heavy (non-hydrogen) atoms. The lowest BCUT2D eigenvalue weighted by atomic mass is 10.1. The highest BCUT2D eigenvalue weighted by Gasteiger charge is 2.26. The standard InChI is InChI=1S/C10H10F3NO2/c11-10(12,13)5-1-4-8-7(9(15)16)3-2-6-14-8/h2-3,6H,1,4-5H2,(H,15,16). The van der Waals surface area contributed by atoms with Crippen LogP contribution >= 0.6 is 0 Å². The Balaban J connectivity index is 2.64. The normalized spacial score (nSPS) is 11.4. The largest absolute Gasteiger partial charge is 0.478 e. The molecule has 1 aromatic rings. The number of halogens is 3. The monoisotopic (exact) mass is 233 g/mol. The Morgan fingerprint density at radius 2 is 2.12 bits per heavy atom. The maximum Gasteiger partial charge on any atom is 0.389 e. The number of carboxylic acid groups (broad SMARTS) is 1. The Kier molecular flexibility index (Phi) is 3.87. The minimum atomic E-state index is -4.21. The van der Waals surface area contributed by atoms with Gasteiger partial charge in [-0.25, -0.2) is 4.79 Å². The van der Waals surface area contributed by atoms with Crippen molar-refractivity contribution in [2.75, 3.05) is 0 Å². The van der Waals surface area contributed by atoms with Gasteiger partial charge in [0.05, 0.1) is 11.3 Å². The quantitative estimate of drug-likeness (QED) is 0.869. The van der Waals surface area contributed by atoms with Crippen molar-refractivity contribution in [3.05, 3.63) is 29.6 Å². The van der Waals surface area contributed by atoms with Gasteiger partial charge in [-0.2, -0.15) is 13.2 Å². The number of aryl methyl sites for hydroxylation is 1. The van der Waals surface area contributed by atoms with Gasteiger partial charge in [-0.05, 0) is 25.0 Å². The van der Waals surface area contributed by atoms with Crippen molar-refractivity contribution in [3.63, 3.8) is 0 Å². The summed E-state index contributed by atoms with van der Waals surface area (Å²) in [5.74, 6) is -1.17. The Morgan fingerprint density at radius 3 is 2.69 bits per heavy atom. The molecule has 0 saturated heterocycles. The molecule has 0 amide bonds. The summed E-state index contributed by atoms with van der Waals surface area (Å²) < 4.78 is 35.6. The fraction of sp³-hybridized carbons (Fsp3) is 0.400. The number of pyridine rings is 1. The van der Waals surface area contributed by atoms with Crippen LogP contribution in [0.15, 0.2) is 18.3 Å². The van der Waals surface area contributed by atoms with Crippen molar-refractivity contribution < 1.29 is 23.1 Å². The second-order valence-electron chi connectivity index (χ2n) is 3.27. The number of hydrogen-bond acceptors (Lipinski definition) is 2. The van der Waals surface area contributed by atoms with Gasteiger partial charge in [0.2, 0.25) is 0 Å². The second-order valence-corrected chi connectivity index (χ2v) is 3.27. The van der Waals surface area contributed by atoms with Crippen LogP contribution in [0.2, 0.25) is 0 Å². The zero-order valence-corrected chi connectivity index (χ0v) is 8.29. The van der Waals surface area contributed by atoms with Crippen molar-refractivity contribution in [1.29, 1.82) is 0 Å². The zero-order valence-electron chi connectivity index (χ0n) is 8.29. The van der Waals surface area contributed by atoms with Crippen molar-refractivity contribution in [1.82, 2.24) is 4.98 Å². The minimum Gasteiger partial charge on any atom is -0.478 e. The van der Waals surface area contributed by atoms with Crippen LogP contribution in [0.25, 0.3) is 0 Å². The van der Waals surface area contributed by atoms with Gasteiger partial charge in [-0.15, -0.1) is 0 Å². The van der Waals surface area contributed by atoms with Crippen molar-refractivity contribution in [3.8, 4) is 0 Å².